The van der Waals surface area contributed by atoms with Gasteiger partial charge in [-0.2, -0.15) is 15.0 Å². The van der Waals surface area contributed by atoms with Gasteiger partial charge in [0.15, 0.2) is 0 Å². The molecule has 0 spiro atoms. The smallest absolute Gasteiger partial charge is 0.232 e. The van der Waals surface area contributed by atoms with E-state index in [1.165, 1.54) is 16.5 Å². The lowest BCUT2D eigenvalue weighted by atomic mass is 10.1. The molecule has 0 saturated carbocycles. The molecule has 6 rings (SSSR count). The van der Waals surface area contributed by atoms with Crippen LogP contribution < -0.4 is 15.1 Å². The molecule has 34 heavy (non-hydrogen) atoms. The number of aromatic amines is 2. The van der Waals surface area contributed by atoms with Gasteiger partial charge in [-0.25, -0.2) is 4.98 Å². The number of nitrogens with one attached hydrogen (secondary N) is 3. The van der Waals surface area contributed by atoms with E-state index >= 15 is 0 Å². The van der Waals surface area contributed by atoms with Gasteiger partial charge < -0.3 is 30.0 Å². The zero-order valence-corrected chi connectivity index (χ0v) is 19.5. The van der Waals surface area contributed by atoms with Gasteiger partial charge in [0.25, 0.3) is 0 Å². The second-order valence-corrected chi connectivity index (χ2v) is 9.08. The average molecular weight is 459 g/mol. The minimum Gasteiger partial charge on any atom is -0.361 e. The van der Waals surface area contributed by atoms with E-state index in [1.807, 2.05) is 0 Å². The van der Waals surface area contributed by atoms with E-state index in [4.69, 9.17) is 15.0 Å². The number of anilines is 3. The van der Waals surface area contributed by atoms with E-state index in [1.54, 1.807) is 6.33 Å². The topological polar surface area (TPSA) is 105 Å². The second kappa shape index (κ2) is 8.94. The quantitative estimate of drug-likeness (QED) is 0.403. The summed E-state index contributed by atoms with van der Waals surface area (Å²) in [7, 11) is 2.16. The van der Waals surface area contributed by atoms with Crippen LogP contribution in [0.3, 0.4) is 0 Å². The molecule has 1 aromatic carbocycles. The number of hydrogen-bond acceptors (Lipinski definition) is 8. The largest absolute Gasteiger partial charge is 0.361 e. The highest BCUT2D eigenvalue weighted by atomic mass is 15.4. The number of aromatic nitrogens is 6. The summed E-state index contributed by atoms with van der Waals surface area (Å²) in [5.74, 6) is 2.11. The highest BCUT2D eigenvalue weighted by Crippen LogP contribution is 2.23. The van der Waals surface area contributed by atoms with E-state index in [0.29, 0.717) is 5.95 Å². The summed E-state index contributed by atoms with van der Waals surface area (Å²) in [5, 5.41) is 4.74. The van der Waals surface area contributed by atoms with Gasteiger partial charge in [0.05, 0.1) is 24.3 Å². The van der Waals surface area contributed by atoms with Crippen molar-refractivity contribution in [1.29, 1.82) is 0 Å². The molecule has 4 aromatic rings. The van der Waals surface area contributed by atoms with Crippen molar-refractivity contribution in [1.82, 2.24) is 34.8 Å². The van der Waals surface area contributed by atoms with Crippen LogP contribution >= 0.6 is 0 Å². The Hall–Kier alpha value is -3.66. The number of benzene rings is 1. The van der Waals surface area contributed by atoms with E-state index < -0.39 is 0 Å². The first-order valence-electron chi connectivity index (χ1n) is 12.0. The van der Waals surface area contributed by atoms with Crippen molar-refractivity contribution in [2.75, 3.05) is 61.4 Å². The summed E-state index contributed by atoms with van der Waals surface area (Å²) in [4.78, 5) is 32.4. The lowest BCUT2D eigenvalue weighted by Gasteiger charge is -2.33. The summed E-state index contributed by atoms with van der Waals surface area (Å²) in [6.45, 7) is 6.17. The molecule has 0 aliphatic carbocycles. The molecular weight excluding hydrogens is 428 g/mol. The van der Waals surface area contributed by atoms with Crippen molar-refractivity contribution >= 4 is 28.7 Å². The van der Waals surface area contributed by atoms with Gasteiger partial charge >= 0.3 is 0 Å². The maximum Gasteiger partial charge on any atom is 0.232 e. The Kier molecular flexibility index (Phi) is 5.50. The monoisotopic (exact) mass is 458 g/mol. The summed E-state index contributed by atoms with van der Waals surface area (Å²) in [6, 6.07) is 8.40. The summed E-state index contributed by atoms with van der Waals surface area (Å²) < 4.78 is 0. The second-order valence-electron chi connectivity index (χ2n) is 9.08. The molecule has 2 aliphatic rings. The molecule has 0 radical (unpaired) electrons. The van der Waals surface area contributed by atoms with E-state index in [0.717, 1.165) is 81.9 Å². The Bertz CT molecular complexity index is 1270. The van der Waals surface area contributed by atoms with Gasteiger partial charge in [-0.05, 0) is 25.1 Å². The van der Waals surface area contributed by atoms with Gasteiger partial charge in [-0.15, -0.1) is 0 Å². The minimum absolute atomic E-state index is 0.633. The minimum atomic E-state index is 0.633. The molecule has 0 bridgehead atoms. The average Bonchev–Trinajstić information content (AvgIpc) is 3.51. The van der Waals surface area contributed by atoms with Crippen molar-refractivity contribution < 1.29 is 0 Å². The van der Waals surface area contributed by atoms with Crippen molar-refractivity contribution in [2.24, 2.45) is 0 Å². The summed E-state index contributed by atoms with van der Waals surface area (Å²) in [5.41, 5.74) is 4.74. The third-order valence-electron chi connectivity index (χ3n) is 6.81. The molecule has 2 aliphatic heterocycles. The zero-order chi connectivity index (χ0) is 22.9. The molecule has 1 fully saturated rings. The number of imidazole rings is 1. The van der Waals surface area contributed by atoms with Gasteiger partial charge in [0.1, 0.15) is 0 Å². The molecule has 3 aromatic heterocycles. The molecule has 1 saturated heterocycles. The number of fused-ring (bicyclic) bond motifs is 2. The molecule has 3 N–H and O–H groups in total. The normalized spacial score (nSPS) is 16.7. The molecule has 5 heterocycles. The van der Waals surface area contributed by atoms with Crippen molar-refractivity contribution in [3.8, 4) is 0 Å². The maximum atomic E-state index is 4.89. The zero-order valence-electron chi connectivity index (χ0n) is 19.5. The number of likely N-dealkylation sites (N-methyl/N-ethyl adjacent to an activating group) is 1. The van der Waals surface area contributed by atoms with Gasteiger partial charge in [0, 0.05) is 62.8 Å². The molecule has 0 unspecified atom stereocenters. The Morgan fingerprint density at radius 2 is 1.76 bits per heavy atom. The van der Waals surface area contributed by atoms with Crippen LogP contribution in [-0.2, 0) is 19.4 Å². The first kappa shape index (κ1) is 20.9. The Morgan fingerprint density at radius 3 is 2.65 bits per heavy atom. The highest BCUT2D eigenvalue weighted by Gasteiger charge is 2.24. The first-order chi connectivity index (χ1) is 16.7. The molecular formula is C24H30N10. The molecule has 0 amide bonds. The fraction of sp³-hybridized carbons (Fsp3) is 0.417. The van der Waals surface area contributed by atoms with Gasteiger partial charge in [-0.3, -0.25) is 0 Å². The van der Waals surface area contributed by atoms with E-state index in [-0.39, 0.29) is 0 Å². The molecule has 176 valence electrons. The Morgan fingerprint density at radius 1 is 0.941 bits per heavy atom. The van der Waals surface area contributed by atoms with Crippen LogP contribution in [0, 0.1) is 0 Å². The molecule has 10 heteroatoms. The van der Waals surface area contributed by atoms with Gasteiger partial charge in [0.2, 0.25) is 17.8 Å². The van der Waals surface area contributed by atoms with Gasteiger partial charge in [-0.1, -0.05) is 18.2 Å². The highest BCUT2D eigenvalue weighted by molar-refractivity contribution is 5.83. The van der Waals surface area contributed by atoms with Crippen LogP contribution in [0.5, 0.6) is 0 Å². The molecule has 0 atom stereocenters. The summed E-state index contributed by atoms with van der Waals surface area (Å²) in [6.07, 6.45) is 5.64. The van der Waals surface area contributed by atoms with E-state index in [9.17, 15) is 0 Å². The fourth-order valence-corrected chi connectivity index (χ4v) is 4.75. The Labute approximate surface area is 198 Å². The third-order valence-corrected chi connectivity index (χ3v) is 6.81. The fourth-order valence-electron chi connectivity index (χ4n) is 4.75. The SMILES string of the molecule is CN1CCN(c2nc(NCCc3c[nH]c4ccccc34)nc(N3CCc4nc[nH]c4C3)n2)CC1. The lowest BCUT2D eigenvalue weighted by Crippen LogP contribution is -2.45. The number of rotatable bonds is 6. The predicted molar refractivity (Wildman–Crippen MR) is 133 cm³/mol. The van der Waals surface area contributed by atoms with Crippen LogP contribution in [0.4, 0.5) is 17.8 Å². The number of H-pyrrole nitrogens is 2. The number of nitrogens with zero attached hydrogens (tertiary/aromatic N) is 7. The summed E-state index contributed by atoms with van der Waals surface area (Å²) >= 11 is 0. The van der Waals surface area contributed by atoms with Crippen LogP contribution in [0.25, 0.3) is 10.9 Å². The third kappa shape index (κ3) is 4.16. The van der Waals surface area contributed by atoms with Crippen LogP contribution in [0.1, 0.15) is 17.0 Å². The van der Waals surface area contributed by atoms with Crippen LogP contribution in [-0.4, -0.2) is 81.1 Å². The van der Waals surface area contributed by atoms with E-state index in [2.05, 4.69) is 72.5 Å². The van der Waals surface area contributed by atoms with Crippen LogP contribution in [0.15, 0.2) is 36.8 Å². The first-order valence-corrected chi connectivity index (χ1v) is 12.0. The predicted octanol–water partition coefficient (Wildman–Crippen LogP) is 2.05. The standard InChI is InChI=1S/C24H30N10/c1-32-10-12-33(13-11-32)23-29-22(25-8-6-17-14-26-19-5-3-2-4-18(17)19)30-24(31-23)34-9-7-20-21(15-34)28-16-27-20/h2-5,14,16,26H,6-13,15H2,1H3,(H,27,28)(H,25,29,30,31). The van der Waals surface area contributed by atoms with Crippen molar-refractivity contribution in [3.05, 3.63) is 53.7 Å². The number of hydrogen-bond donors (Lipinski definition) is 3. The van der Waals surface area contributed by atoms with Crippen molar-refractivity contribution in [3.63, 3.8) is 0 Å². The number of para-hydroxylation sites is 1. The number of piperazine rings is 1. The molecule has 10 nitrogen and oxygen atoms in total. The maximum absolute atomic E-state index is 4.89. The van der Waals surface area contributed by atoms with Crippen LogP contribution in [0.2, 0.25) is 0 Å². The van der Waals surface area contributed by atoms with Crippen molar-refractivity contribution in [2.45, 2.75) is 19.4 Å². The Balaban J connectivity index is 1.23. The lowest BCUT2D eigenvalue weighted by molar-refractivity contribution is 0.311.